The van der Waals surface area contributed by atoms with E-state index >= 15 is 0 Å². The van der Waals surface area contributed by atoms with Crippen molar-refractivity contribution < 1.29 is 31.1 Å². The molecule has 110 valence electrons. The monoisotopic (exact) mass is 316 g/mol. The number of nitrogens with one attached hydrogen (secondary N) is 1. The Morgan fingerprint density at radius 2 is 1.80 bits per heavy atom. The molecule has 1 aliphatic heterocycles. The van der Waals surface area contributed by atoms with Crippen LogP contribution in [0.2, 0.25) is 0 Å². The number of alkyl halides is 6. The van der Waals surface area contributed by atoms with Crippen LogP contribution < -0.4 is 5.32 Å². The van der Waals surface area contributed by atoms with Crippen molar-refractivity contribution in [2.45, 2.75) is 17.7 Å². The van der Waals surface area contributed by atoms with Crippen LogP contribution >= 0.6 is 11.8 Å². The van der Waals surface area contributed by atoms with Crippen molar-refractivity contribution >= 4 is 17.7 Å². The van der Waals surface area contributed by atoms with Crippen molar-refractivity contribution in [1.29, 1.82) is 0 Å². The maximum atomic E-state index is 12.6. The maximum absolute atomic E-state index is 12.6. The SMILES string of the molecule is O=C1CSC(c2cc(C(F)(F)F)cc(C(F)(F)F)n2)N1. The van der Waals surface area contributed by atoms with Crippen LogP contribution in [-0.2, 0) is 17.1 Å². The van der Waals surface area contributed by atoms with E-state index < -0.39 is 40.6 Å². The van der Waals surface area contributed by atoms with E-state index in [1.54, 1.807) is 0 Å². The highest BCUT2D eigenvalue weighted by atomic mass is 32.2. The molecule has 0 saturated carbocycles. The minimum absolute atomic E-state index is 0.0378. The Morgan fingerprint density at radius 3 is 2.25 bits per heavy atom. The van der Waals surface area contributed by atoms with Gasteiger partial charge in [-0.2, -0.15) is 26.3 Å². The second kappa shape index (κ2) is 4.83. The Kier molecular flexibility index (Phi) is 3.61. The van der Waals surface area contributed by atoms with Gasteiger partial charge in [0.05, 0.1) is 17.0 Å². The van der Waals surface area contributed by atoms with Crippen LogP contribution in [0.15, 0.2) is 12.1 Å². The fraction of sp³-hybridized carbons (Fsp3) is 0.400. The zero-order valence-electron chi connectivity index (χ0n) is 9.47. The summed E-state index contributed by atoms with van der Waals surface area (Å²) in [6.07, 6.45) is -9.92. The van der Waals surface area contributed by atoms with E-state index in [0.717, 1.165) is 11.8 Å². The van der Waals surface area contributed by atoms with Gasteiger partial charge in [0.15, 0.2) is 0 Å². The molecule has 0 bridgehead atoms. The Labute approximate surface area is 112 Å². The van der Waals surface area contributed by atoms with Crippen LogP contribution in [0.4, 0.5) is 26.3 Å². The van der Waals surface area contributed by atoms with Gasteiger partial charge in [-0.3, -0.25) is 4.79 Å². The molecule has 1 N–H and O–H groups in total. The standard InChI is InChI=1S/C10H6F6N2OS/c11-9(12,13)4-1-5(8-18-7(19)3-20-8)17-6(2-4)10(14,15)16/h1-2,8H,3H2,(H,18,19). The molecule has 1 amide bonds. The molecule has 1 fully saturated rings. The number of nitrogens with zero attached hydrogens (tertiary/aromatic N) is 1. The third-order valence-electron chi connectivity index (χ3n) is 2.40. The average molecular weight is 316 g/mol. The number of carbonyl (C=O) groups excluding carboxylic acids is 1. The van der Waals surface area contributed by atoms with Gasteiger partial charge in [0.1, 0.15) is 11.1 Å². The minimum Gasteiger partial charge on any atom is -0.338 e. The Hall–Kier alpha value is -1.45. The van der Waals surface area contributed by atoms with E-state index in [-0.39, 0.29) is 11.8 Å². The minimum atomic E-state index is -5.00. The lowest BCUT2D eigenvalue weighted by molar-refractivity contribution is -0.145. The Balaban J connectivity index is 2.49. The second-order valence-electron chi connectivity index (χ2n) is 3.92. The fourth-order valence-electron chi connectivity index (χ4n) is 1.54. The molecule has 20 heavy (non-hydrogen) atoms. The molecule has 1 saturated heterocycles. The predicted molar refractivity (Wildman–Crippen MR) is 57.6 cm³/mol. The highest BCUT2D eigenvalue weighted by Crippen LogP contribution is 2.38. The molecule has 1 atom stereocenters. The molecular formula is C10H6F6N2OS. The molecule has 1 unspecified atom stereocenters. The highest BCUT2D eigenvalue weighted by molar-refractivity contribution is 8.00. The molecule has 3 nitrogen and oxygen atoms in total. The van der Waals surface area contributed by atoms with Crippen molar-refractivity contribution in [2.24, 2.45) is 0 Å². The molecule has 0 radical (unpaired) electrons. The lowest BCUT2D eigenvalue weighted by Crippen LogP contribution is -2.22. The summed E-state index contributed by atoms with van der Waals surface area (Å²) in [6, 6.07) is 0.462. The summed E-state index contributed by atoms with van der Waals surface area (Å²) in [5, 5.41) is 1.25. The Morgan fingerprint density at radius 1 is 1.15 bits per heavy atom. The summed E-state index contributed by atoms with van der Waals surface area (Å²) in [7, 11) is 0. The summed E-state index contributed by atoms with van der Waals surface area (Å²) in [5.74, 6) is -0.503. The summed E-state index contributed by atoms with van der Waals surface area (Å²) >= 11 is 0.884. The average Bonchev–Trinajstić information content (AvgIpc) is 2.73. The van der Waals surface area contributed by atoms with Crippen LogP contribution in [-0.4, -0.2) is 16.6 Å². The van der Waals surface area contributed by atoms with Crippen molar-refractivity contribution in [3.63, 3.8) is 0 Å². The quantitative estimate of drug-likeness (QED) is 0.810. The number of aromatic nitrogens is 1. The van der Waals surface area contributed by atoms with Gasteiger partial charge >= 0.3 is 12.4 Å². The third kappa shape index (κ3) is 3.17. The van der Waals surface area contributed by atoms with Gasteiger partial charge in [0.25, 0.3) is 0 Å². The van der Waals surface area contributed by atoms with E-state index in [1.165, 1.54) is 0 Å². The predicted octanol–water partition coefficient (Wildman–Crippen LogP) is 2.98. The first-order valence-electron chi connectivity index (χ1n) is 5.15. The van der Waals surface area contributed by atoms with E-state index in [0.29, 0.717) is 6.07 Å². The maximum Gasteiger partial charge on any atom is 0.433 e. The van der Waals surface area contributed by atoms with E-state index in [4.69, 9.17) is 0 Å². The number of carbonyl (C=O) groups is 1. The number of thioether (sulfide) groups is 1. The van der Waals surface area contributed by atoms with E-state index in [1.807, 2.05) is 0 Å². The van der Waals surface area contributed by atoms with Gasteiger partial charge in [-0.05, 0) is 12.1 Å². The lowest BCUT2D eigenvalue weighted by atomic mass is 10.1. The lowest BCUT2D eigenvalue weighted by Gasteiger charge is -2.15. The molecule has 1 aromatic heterocycles. The molecule has 1 aromatic rings. The highest BCUT2D eigenvalue weighted by Gasteiger charge is 2.39. The molecular weight excluding hydrogens is 310 g/mol. The Bertz CT molecular complexity index is 509. The first kappa shape index (κ1) is 14.9. The molecule has 0 aliphatic carbocycles. The van der Waals surface area contributed by atoms with Crippen molar-refractivity contribution in [3.8, 4) is 0 Å². The number of hydrogen-bond acceptors (Lipinski definition) is 3. The number of pyridine rings is 1. The van der Waals surface area contributed by atoms with Gasteiger partial charge in [0.2, 0.25) is 5.91 Å². The summed E-state index contributed by atoms with van der Waals surface area (Å²) < 4.78 is 75.6. The van der Waals surface area contributed by atoms with Gasteiger partial charge in [0, 0.05) is 0 Å². The largest absolute Gasteiger partial charge is 0.433 e. The first-order chi connectivity index (χ1) is 9.07. The molecule has 10 heteroatoms. The number of halogens is 6. The molecule has 0 aromatic carbocycles. The van der Waals surface area contributed by atoms with Gasteiger partial charge in [-0.25, -0.2) is 4.98 Å². The number of amides is 1. The van der Waals surface area contributed by atoms with Crippen LogP contribution in [0.5, 0.6) is 0 Å². The normalized spacial score (nSPS) is 20.1. The smallest absolute Gasteiger partial charge is 0.338 e. The molecule has 2 heterocycles. The third-order valence-corrected chi connectivity index (χ3v) is 3.53. The van der Waals surface area contributed by atoms with Gasteiger partial charge in [-0.1, -0.05) is 0 Å². The zero-order chi connectivity index (χ0) is 15.1. The van der Waals surface area contributed by atoms with Crippen LogP contribution in [0.3, 0.4) is 0 Å². The van der Waals surface area contributed by atoms with Crippen molar-refractivity contribution in [1.82, 2.24) is 10.3 Å². The van der Waals surface area contributed by atoms with Crippen molar-refractivity contribution in [3.05, 3.63) is 29.1 Å². The molecule has 0 spiro atoms. The van der Waals surface area contributed by atoms with Crippen molar-refractivity contribution in [2.75, 3.05) is 5.75 Å². The number of hydrogen-bond donors (Lipinski definition) is 1. The van der Waals surface area contributed by atoms with E-state index in [9.17, 15) is 31.1 Å². The summed E-state index contributed by atoms with van der Waals surface area (Å²) in [6.45, 7) is 0. The van der Waals surface area contributed by atoms with Crippen LogP contribution in [0, 0.1) is 0 Å². The number of rotatable bonds is 1. The van der Waals surface area contributed by atoms with Gasteiger partial charge in [-0.15, -0.1) is 11.8 Å². The fourth-order valence-corrected chi connectivity index (χ4v) is 2.45. The topological polar surface area (TPSA) is 42.0 Å². The van der Waals surface area contributed by atoms with Crippen LogP contribution in [0.25, 0.3) is 0 Å². The molecule has 1 aliphatic rings. The molecule has 2 rings (SSSR count). The summed E-state index contributed by atoms with van der Waals surface area (Å²) in [4.78, 5) is 14.2. The zero-order valence-corrected chi connectivity index (χ0v) is 10.3. The van der Waals surface area contributed by atoms with Gasteiger partial charge < -0.3 is 5.32 Å². The van der Waals surface area contributed by atoms with E-state index in [2.05, 4.69) is 10.3 Å². The second-order valence-corrected chi connectivity index (χ2v) is 5.01. The summed E-state index contributed by atoms with van der Waals surface area (Å²) in [5.41, 5.74) is -3.55. The first-order valence-corrected chi connectivity index (χ1v) is 6.19. The van der Waals surface area contributed by atoms with Crippen LogP contribution in [0.1, 0.15) is 22.3 Å².